The molecule has 1 aliphatic rings. The van der Waals surface area contributed by atoms with Crippen molar-refractivity contribution in [3.8, 4) is 0 Å². The second-order valence-corrected chi connectivity index (χ2v) is 5.18. The Morgan fingerprint density at radius 2 is 2.28 bits per heavy atom. The van der Waals surface area contributed by atoms with Gasteiger partial charge in [-0.2, -0.15) is 0 Å². The van der Waals surface area contributed by atoms with Gasteiger partial charge in [0, 0.05) is 17.6 Å². The Hall–Kier alpha value is -1.91. The SMILES string of the molecule is CC(C)(C)OC(=O)CN1C=c2cccnc2=NC1. The predicted molar refractivity (Wildman–Crippen MR) is 66.9 cm³/mol. The number of ether oxygens (including phenoxy) is 1. The molecule has 0 fully saturated rings. The molecular weight excluding hydrogens is 230 g/mol. The molecule has 1 aromatic heterocycles. The molecule has 0 bridgehead atoms. The summed E-state index contributed by atoms with van der Waals surface area (Å²) in [5, 5.41) is 0.923. The summed E-state index contributed by atoms with van der Waals surface area (Å²) in [6.45, 7) is 6.20. The van der Waals surface area contributed by atoms with Crippen LogP contribution in [0.25, 0.3) is 6.20 Å². The Bertz CT molecular complexity index is 560. The molecule has 0 atom stereocenters. The second kappa shape index (κ2) is 4.76. The van der Waals surface area contributed by atoms with Crippen LogP contribution in [0, 0.1) is 0 Å². The zero-order valence-electron chi connectivity index (χ0n) is 10.9. The smallest absolute Gasteiger partial charge is 0.326 e. The van der Waals surface area contributed by atoms with Crippen molar-refractivity contribution in [2.24, 2.45) is 4.99 Å². The summed E-state index contributed by atoms with van der Waals surface area (Å²) in [5.74, 6) is -0.249. The van der Waals surface area contributed by atoms with E-state index in [1.165, 1.54) is 0 Å². The average molecular weight is 247 g/mol. The van der Waals surface area contributed by atoms with Crippen molar-refractivity contribution in [2.45, 2.75) is 26.4 Å². The molecule has 1 aliphatic heterocycles. The number of carbonyl (C=O) groups excluding carboxylic acids is 1. The molecule has 0 saturated carbocycles. The normalized spacial score (nSPS) is 14.3. The first kappa shape index (κ1) is 12.5. The van der Waals surface area contributed by atoms with Crippen LogP contribution in [0.3, 0.4) is 0 Å². The van der Waals surface area contributed by atoms with Gasteiger partial charge < -0.3 is 9.64 Å². The van der Waals surface area contributed by atoms with Crippen molar-refractivity contribution in [3.63, 3.8) is 0 Å². The third-order valence-electron chi connectivity index (χ3n) is 2.29. The fraction of sp³-hybridized carbons (Fsp3) is 0.462. The number of hydrogen-bond acceptors (Lipinski definition) is 5. The van der Waals surface area contributed by atoms with Gasteiger partial charge in [0.15, 0.2) is 5.49 Å². The van der Waals surface area contributed by atoms with Gasteiger partial charge in [-0.25, -0.2) is 9.98 Å². The minimum atomic E-state index is -0.455. The maximum Gasteiger partial charge on any atom is 0.326 e. The Morgan fingerprint density at radius 3 is 3.00 bits per heavy atom. The molecule has 0 aliphatic carbocycles. The third-order valence-corrected chi connectivity index (χ3v) is 2.29. The van der Waals surface area contributed by atoms with E-state index in [-0.39, 0.29) is 12.5 Å². The molecule has 0 amide bonds. The van der Waals surface area contributed by atoms with E-state index in [1.807, 2.05) is 44.0 Å². The summed E-state index contributed by atoms with van der Waals surface area (Å²) in [6, 6.07) is 3.77. The van der Waals surface area contributed by atoms with E-state index in [0.29, 0.717) is 6.67 Å². The molecule has 0 unspecified atom stereocenters. The maximum absolute atomic E-state index is 11.7. The largest absolute Gasteiger partial charge is 0.459 e. The first-order valence-corrected chi connectivity index (χ1v) is 5.87. The van der Waals surface area contributed by atoms with E-state index in [4.69, 9.17) is 4.74 Å². The van der Waals surface area contributed by atoms with Crippen molar-refractivity contribution < 1.29 is 9.53 Å². The van der Waals surface area contributed by atoms with Gasteiger partial charge in [0.1, 0.15) is 18.8 Å². The van der Waals surface area contributed by atoms with Crippen LogP contribution < -0.4 is 10.7 Å². The summed E-state index contributed by atoms with van der Waals surface area (Å²) in [5.41, 5.74) is 0.265. The van der Waals surface area contributed by atoms with Crippen molar-refractivity contribution in [3.05, 3.63) is 29.0 Å². The number of esters is 1. The topological polar surface area (TPSA) is 54.8 Å². The molecule has 0 aromatic carbocycles. The lowest BCUT2D eigenvalue weighted by molar-refractivity contribution is -0.155. The number of pyridine rings is 1. The molecule has 0 saturated heterocycles. The fourth-order valence-corrected chi connectivity index (χ4v) is 1.67. The predicted octanol–water partition coefficient (Wildman–Crippen LogP) is 0.0540. The molecule has 0 radical (unpaired) electrons. The van der Waals surface area contributed by atoms with E-state index in [9.17, 15) is 4.79 Å². The molecule has 5 heteroatoms. The van der Waals surface area contributed by atoms with E-state index in [2.05, 4.69) is 9.98 Å². The van der Waals surface area contributed by atoms with Crippen molar-refractivity contribution in [1.82, 2.24) is 9.88 Å². The Morgan fingerprint density at radius 1 is 1.50 bits per heavy atom. The maximum atomic E-state index is 11.7. The number of nitrogens with zero attached hydrogens (tertiary/aromatic N) is 3. The summed E-state index contributed by atoms with van der Waals surface area (Å²) in [4.78, 5) is 22.0. The standard InChI is InChI=1S/C13H17N3O2/c1-13(2,3)18-11(17)8-16-7-10-5-4-6-14-12(10)15-9-16/h4-7H,8-9H2,1-3H3. The van der Waals surface area contributed by atoms with Gasteiger partial charge in [-0.3, -0.25) is 4.79 Å². The van der Waals surface area contributed by atoms with Gasteiger partial charge in [0.25, 0.3) is 0 Å². The van der Waals surface area contributed by atoms with Crippen LogP contribution in [-0.2, 0) is 9.53 Å². The lowest BCUT2D eigenvalue weighted by Gasteiger charge is -2.23. The van der Waals surface area contributed by atoms with Gasteiger partial charge in [0.2, 0.25) is 0 Å². The summed E-state index contributed by atoms with van der Waals surface area (Å²) < 4.78 is 5.27. The highest BCUT2D eigenvalue weighted by molar-refractivity contribution is 5.72. The highest BCUT2D eigenvalue weighted by atomic mass is 16.6. The molecule has 2 rings (SSSR count). The molecule has 5 nitrogen and oxygen atoms in total. The van der Waals surface area contributed by atoms with Crippen molar-refractivity contribution >= 4 is 12.2 Å². The summed E-state index contributed by atoms with van der Waals surface area (Å²) in [7, 11) is 0. The zero-order valence-corrected chi connectivity index (χ0v) is 10.9. The number of fused-ring (bicyclic) bond motifs is 1. The highest BCUT2D eigenvalue weighted by Crippen LogP contribution is 2.07. The lowest BCUT2D eigenvalue weighted by atomic mass is 10.2. The molecule has 0 N–H and O–H groups in total. The van der Waals surface area contributed by atoms with Crippen LogP contribution in [-0.4, -0.2) is 34.7 Å². The van der Waals surface area contributed by atoms with Crippen molar-refractivity contribution in [2.75, 3.05) is 13.2 Å². The molecule has 1 aromatic rings. The van der Waals surface area contributed by atoms with Gasteiger partial charge in [0.05, 0.1) is 0 Å². The first-order valence-electron chi connectivity index (χ1n) is 5.87. The van der Waals surface area contributed by atoms with E-state index < -0.39 is 5.60 Å². The van der Waals surface area contributed by atoms with E-state index in [1.54, 1.807) is 6.20 Å². The van der Waals surface area contributed by atoms with Gasteiger partial charge in [-0.15, -0.1) is 0 Å². The summed E-state index contributed by atoms with van der Waals surface area (Å²) in [6.07, 6.45) is 3.60. The van der Waals surface area contributed by atoms with Crippen LogP contribution >= 0.6 is 0 Å². The molecule has 0 spiro atoms. The van der Waals surface area contributed by atoms with Gasteiger partial charge in [-0.05, 0) is 32.9 Å². The third kappa shape index (κ3) is 3.29. The molecule has 18 heavy (non-hydrogen) atoms. The van der Waals surface area contributed by atoms with E-state index in [0.717, 1.165) is 10.7 Å². The fourth-order valence-electron chi connectivity index (χ4n) is 1.67. The quantitative estimate of drug-likeness (QED) is 0.693. The number of carbonyl (C=O) groups is 1. The Kier molecular flexibility index (Phi) is 3.32. The van der Waals surface area contributed by atoms with Crippen LogP contribution in [0.15, 0.2) is 23.3 Å². The second-order valence-electron chi connectivity index (χ2n) is 5.18. The Labute approximate surface area is 106 Å². The van der Waals surface area contributed by atoms with Crippen LogP contribution in [0.2, 0.25) is 0 Å². The average Bonchev–Trinajstić information content (AvgIpc) is 2.26. The van der Waals surface area contributed by atoms with Gasteiger partial charge >= 0.3 is 5.97 Å². The molecular formula is C13H17N3O2. The highest BCUT2D eigenvalue weighted by Gasteiger charge is 2.18. The van der Waals surface area contributed by atoms with Crippen molar-refractivity contribution in [1.29, 1.82) is 0 Å². The number of hydrogen-bond donors (Lipinski definition) is 0. The lowest BCUT2D eigenvalue weighted by Crippen LogP contribution is -2.40. The minimum absolute atomic E-state index is 0.203. The minimum Gasteiger partial charge on any atom is -0.459 e. The molecule has 96 valence electrons. The number of aromatic nitrogens is 1. The number of rotatable bonds is 2. The monoisotopic (exact) mass is 247 g/mol. The van der Waals surface area contributed by atoms with E-state index >= 15 is 0 Å². The van der Waals surface area contributed by atoms with Crippen LogP contribution in [0.5, 0.6) is 0 Å². The molecule has 2 heterocycles. The summed E-state index contributed by atoms with van der Waals surface area (Å²) >= 11 is 0. The van der Waals surface area contributed by atoms with Crippen LogP contribution in [0.1, 0.15) is 20.8 Å². The Balaban J connectivity index is 2.06. The van der Waals surface area contributed by atoms with Crippen LogP contribution in [0.4, 0.5) is 0 Å². The first-order chi connectivity index (χ1) is 8.44. The zero-order chi connectivity index (χ0) is 13.2. The van der Waals surface area contributed by atoms with Gasteiger partial charge in [-0.1, -0.05) is 0 Å².